The fourth-order valence-electron chi connectivity index (χ4n) is 3.55. The van der Waals surface area contributed by atoms with E-state index in [4.69, 9.17) is 27.9 Å². The van der Waals surface area contributed by atoms with Gasteiger partial charge in [-0.1, -0.05) is 23.2 Å². The van der Waals surface area contributed by atoms with Crippen molar-refractivity contribution in [3.05, 3.63) is 63.8 Å². The predicted molar refractivity (Wildman–Crippen MR) is 104 cm³/mol. The zero-order valence-electron chi connectivity index (χ0n) is 13.9. The summed E-state index contributed by atoms with van der Waals surface area (Å²) in [7, 11) is 0. The van der Waals surface area contributed by atoms with Gasteiger partial charge in [0.05, 0.1) is 6.61 Å². The largest absolute Gasteiger partial charge is 0.494 e. The molecule has 1 aliphatic rings. The number of aromatic nitrogens is 1. The number of fused-ring (bicyclic) bond motifs is 3. The summed E-state index contributed by atoms with van der Waals surface area (Å²) in [6.07, 6.45) is 2.00. The van der Waals surface area contributed by atoms with Crippen LogP contribution in [0, 0.1) is 0 Å². The Balaban J connectivity index is 1.50. The standard InChI is InChI=1S/C20H20Cl2N2O/c21-14-2-5-16(6-3-14)25-11-1-10-24-19-7-4-15(22)12-18(19)17-8-9-23-13-20(17)24/h2-7,12,23H,1,8-11,13H2. The molecule has 1 aromatic heterocycles. The number of hydrogen-bond donors (Lipinski definition) is 1. The predicted octanol–water partition coefficient (Wildman–Crippen LogP) is 5.06. The molecule has 2 aromatic carbocycles. The number of nitrogens with zero attached hydrogens (tertiary/aromatic N) is 1. The van der Waals surface area contributed by atoms with Crippen molar-refractivity contribution >= 4 is 34.1 Å². The number of halogens is 2. The van der Waals surface area contributed by atoms with Gasteiger partial charge in [-0.3, -0.25) is 0 Å². The first-order chi connectivity index (χ1) is 12.2. The van der Waals surface area contributed by atoms with E-state index in [2.05, 4.69) is 22.0 Å². The SMILES string of the molecule is Clc1ccc(OCCCn2c3c(c4cc(Cl)ccc42)CCNC3)cc1. The zero-order valence-corrected chi connectivity index (χ0v) is 15.4. The van der Waals surface area contributed by atoms with Crippen LogP contribution < -0.4 is 10.1 Å². The molecule has 5 heteroatoms. The first kappa shape index (κ1) is 16.8. The first-order valence-electron chi connectivity index (χ1n) is 8.61. The second kappa shape index (κ2) is 7.28. The summed E-state index contributed by atoms with van der Waals surface area (Å²) in [5, 5.41) is 6.30. The van der Waals surface area contributed by atoms with Crippen LogP contribution in [-0.4, -0.2) is 17.7 Å². The third kappa shape index (κ3) is 3.50. The molecule has 3 nitrogen and oxygen atoms in total. The van der Waals surface area contributed by atoms with Crippen molar-refractivity contribution in [2.45, 2.75) is 25.9 Å². The second-order valence-electron chi connectivity index (χ2n) is 6.32. The minimum atomic E-state index is 0.678. The lowest BCUT2D eigenvalue weighted by molar-refractivity contribution is 0.301. The second-order valence-corrected chi connectivity index (χ2v) is 7.19. The molecule has 130 valence electrons. The molecule has 0 atom stereocenters. The van der Waals surface area contributed by atoms with Crippen molar-refractivity contribution in [2.75, 3.05) is 13.2 Å². The van der Waals surface area contributed by atoms with E-state index in [0.29, 0.717) is 6.61 Å². The number of hydrogen-bond acceptors (Lipinski definition) is 2. The molecule has 0 radical (unpaired) electrons. The van der Waals surface area contributed by atoms with E-state index >= 15 is 0 Å². The molecule has 0 amide bonds. The molecule has 0 fully saturated rings. The van der Waals surface area contributed by atoms with E-state index in [9.17, 15) is 0 Å². The van der Waals surface area contributed by atoms with Crippen LogP contribution in [0.3, 0.4) is 0 Å². The van der Waals surface area contributed by atoms with Gasteiger partial charge in [0.15, 0.2) is 0 Å². The normalized spacial score (nSPS) is 13.8. The Morgan fingerprint density at radius 1 is 1.04 bits per heavy atom. The maximum absolute atomic E-state index is 6.22. The maximum atomic E-state index is 6.22. The van der Waals surface area contributed by atoms with Crippen molar-refractivity contribution in [1.29, 1.82) is 0 Å². The summed E-state index contributed by atoms with van der Waals surface area (Å²) in [6.45, 7) is 3.55. The zero-order chi connectivity index (χ0) is 17.2. The van der Waals surface area contributed by atoms with Crippen LogP contribution in [-0.2, 0) is 19.5 Å². The van der Waals surface area contributed by atoms with E-state index in [1.807, 2.05) is 30.3 Å². The third-order valence-electron chi connectivity index (χ3n) is 4.70. The molecule has 0 bridgehead atoms. The van der Waals surface area contributed by atoms with Gasteiger partial charge in [-0.05, 0) is 67.4 Å². The third-order valence-corrected chi connectivity index (χ3v) is 5.19. The summed E-state index contributed by atoms with van der Waals surface area (Å²) in [6, 6.07) is 13.7. The van der Waals surface area contributed by atoms with Gasteiger partial charge in [-0.15, -0.1) is 0 Å². The fraction of sp³-hybridized carbons (Fsp3) is 0.300. The van der Waals surface area contributed by atoms with Gasteiger partial charge in [0.25, 0.3) is 0 Å². The molecule has 0 saturated carbocycles. The summed E-state index contributed by atoms with van der Waals surface area (Å²) in [5.74, 6) is 0.859. The van der Waals surface area contributed by atoms with Crippen LogP contribution in [0.15, 0.2) is 42.5 Å². The fourth-order valence-corrected chi connectivity index (χ4v) is 3.85. The van der Waals surface area contributed by atoms with Gasteiger partial charge in [0.2, 0.25) is 0 Å². The average Bonchev–Trinajstić information content (AvgIpc) is 2.94. The van der Waals surface area contributed by atoms with Crippen molar-refractivity contribution < 1.29 is 4.74 Å². The highest BCUT2D eigenvalue weighted by molar-refractivity contribution is 6.31. The molecule has 2 heterocycles. The van der Waals surface area contributed by atoms with Crippen molar-refractivity contribution in [1.82, 2.24) is 9.88 Å². The highest BCUT2D eigenvalue weighted by Gasteiger charge is 2.19. The lowest BCUT2D eigenvalue weighted by Gasteiger charge is -2.17. The van der Waals surface area contributed by atoms with Crippen molar-refractivity contribution in [3.63, 3.8) is 0 Å². The summed E-state index contributed by atoms with van der Waals surface area (Å²) >= 11 is 12.1. The van der Waals surface area contributed by atoms with Crippen LogP contribution in [0.4, 0.5) is 0 Å². The Labute approximate surface area is 157 Å². The minimum absolute atomic E-state index is 0.678. The lowest BCUT2D eigenvalue weighted by Crippen LogP contribution is -2.25. The number of rotatable bonds is 5. The van der Waals surface area contributed by atoms with Gasteiger partial charge in [-0.25, -0.2) is 0 Å². The van der Waals surface area contributed by atoms with E-state index in [-0.39, 0.29) is 0 Å². The Morgan fingerprint density at radius 2 is 1.84 bits per heavy atom. The van der Waals surface area contributed by atoms with Gasteiger partial charge < -0.3 is 14.6 Å². The molecule has 0 spiro atoms. The molecule has 1 aliphatic heterocycles. The molecular weight excluding hydrogens is 355 g/mol. The number of benzene rings is 2. The highest BCUT2D eigenvalue weighted by Crippen LogP contribution is 2.31. The monoisotopic (exact) mass is 374 g/mol. The Kier molecular flexibility index (Phi) is 4.89. The van der Waals surface area contributed by atoms with E-state index < -0.39 is 0 Å². The Morgan fingerprint density at radius 3 is 2.68 bits per heavy atom. The molecule has 0 unspecified atom stereocenters. The summed E-state index contributed by atoms with van der Waals surface area (Å²) in [4.78, 5) is 0. The number of ether oxygens (including phenoxy) is 1. The van der Waals surface area contributed by atoms with Gasteiger partial charge in [-0.2, -0.15) is 0 Å². The first-order valence-corrected chi connectivity index (χ1v) is 9.36. The van der Waals surface area contributed by atoms with E-state index in [1.54, 1.807) is 0 Å². The minimum Gasteiger partial charge on any atom is -0.494 e. The van der Waals surface area contributed by atoms with Crippen LogP contribution in [0.2, 0.25) is 10.0 Å². The Hall–Kier alpha value is -1.68. The lowest BCUT2D eigenvalue weighted by atomic mass is 10.0. The summed E-state index contributed by atoms with van der Waals surface area (Å²) in [5.41, 5.74) is 4.09. The molecular formula is C20H20Cl2N2O. The molecule has 0 aliphatic carbocycles. The number of nitrogens with one attached hydrogen (secondary N) is 1. The smallest absolute Gasteiger partial charge is 0.119 e. The topological polar surface area (TPSA) is 26.2 Å². The van der Waals surface area contributed by atoms with Crippen LogP contribution in [0.5, 0.6) is 5.75 Å². The molecule has 0 saturated heterocycles. The molecule has 25 heavy (non-hydrogen) atoms. The molecule has 3 aromatic rings. The molecule has 1 N–H and O–H groups in total. The van der Waals surface area contributed by atoms with Crippen LogP contribution in [0.1, 0.15) is 17.7 Å². The van der Waals surface area contributed by atoms with Gasteiger partial charge in [0, 0.05) is 39.7 Å². The molecule has 4 rings (SSSR count). The van der Waals surface area contributed by atoms with Crippen molar-refractivity contribution in [2.24, 2.45) is 0 Å². The summed E-state index contributed by atoms with van der Waals surface area (Å²) < 4.78 is 8.24. The van der Waals surface area contributed by atoms with Gasteiger partial charge in [0.1, 0.15) is 5.75 Å². The van der Waals surface area contributed by atoms with Crippen LogP contribution >= 0.6 is 23.2 Å². The maximum Gasteiger partial charge on any atom is 0.119 e. The highest BCUT2D eigenvalue weighted by atomic mass is 35.5. The van der Waals surface area contributed by atoms with Crippen LogP contribution in [0.25, 0.3) is 10.9 Å². The average molecular weight is 375 g/mol. The quantitative estimate of drug-likeness (QED) is 0.631. The van der Waals surface area contributed by atoms with Gasteiger partial charge >= 0.3 is 0 Å². The van der Waals surface area contributed by atoms with E-state index in [1.165, 1.54) is 22.2 Å². The number of aryl methyl sites for hydroxylation is 1. The van der Waals surface area contributed by atoms with Crippen molar-refractivity contribution in [3.8, 4) is 5.75 Å². The van der Waals surface area contributed by atoms with E-state index in [0.717, 1.165) is 48.3 Å². The Bertz CT molecular complexity index is 887.